The molecular weight excluding hydrogens is 561 g/mol. The monoisotopic (exact) mass is 588 g/mol. The van der Waals surface area contributed by atoms with Gasteiger partial charge in [-0.15, -0.1) is 0 Å². The van der Waals surface area contributed by atoms with Crippen molar-refractivity contribution in [2.45, 2.75) is 50.9 Å². The van der Waals surface area contributed by atoms with Crippen LogP contribution in [0.25, 0.3) is 17.0 Å². The van der Waals surface area contributed by atoms with Crippen LogP contribution in [0.1, 0.15) is 48.8 Å². The van der Waals surface area contributed by atoms with Gasteiger partial charge in [-0.1, -0.05) is 30.2 Å². The van der Waals surface area contributed by atoms with Crippen LogP contribution in [0.5, 0.6) is 0 Å². The van der Waals surface area contributed by atoms with Crippen molar-refractivity contribution < 1.29 is 22.8 Å². The number of imide groups is 1. The lowest BCUT2D eigenvalue weighted by atomic mass is 9.83. The summed E-state index contributed by atoms with van der Waals surface area (Å²) in [6.07, 6.45) is 4.41. The Morgan fingerprint density at radius 2 is 1.88 bits per heavy atom. The number of benzene rings is 2. The van der Waals surface area contributed by atoms with E-state index in [1.165, 1.54) is 34.6 Å². The van der Waals surface area contributed by atoms with E-state index in [2.05, 4.69) is 10.00 Å². The summed E-state index contributed by atoms with van der Waals surface area (Å²) >= 11 is 6.77. The Morgan fingerprint density at radius 3 is 2.70 bits per heavy atom. The van der Waals surface area contributed by atoms with Gasteiger partial charge in [-0.05, 0) is 97.9 Å². The second-order valence-corrected chi connectivity index (χ2v) is 12.1. The topological polar surface area (TPSA) is 58.4 Å². The van der Waals surface area contributed by atoms with Crippen molar-refractivity contribution in [2.75, 3.05) is 19.6 Å². The zero-order valence-corrected chi connectivity index (χ0v) is 23.2. The number of rotatable bonds is 5. The fraction of sp³-hybridized carbons (Fsp3) is 0.414. The van der Waals surface area contributed by atoms with Crippen LogP contribution in [-0.2, 0) is 17.5 Å². The molecule has 1 aromatic heterocycles. The first kappa shape index (κ1) is 27.4. The first-order chi connectivity index (χ1) is 19.2. The molecule has 3 saturated heterocycles. The van der Waals surface area contributed by atoms with Gasteiger partial charge in [0.2, 0.25) is 0 Å². The van der Waals surface area contributed by atoms with Crippen molar-refractivity contribution in [1.82, 2.24) is 19.6 Å². The average Bonchev–Trinajstić information content (AvgIpc) is 3.44. The number of hydrogen-bond donors (Lipinski definition) is 0. The van der Waals surface area contributed by atoms with Crippen LogP contribution < -0.4 is 0 Å². The summed E-state index contributed by atoms with van der Waals surface area (Å²) in [6.45, 7) is 2.59. The molecule has 0 N–H and O–H groups in total. The summed E-state index contributed by atoms with van der Waals surface area (Å²) in [5, 5.41) is 4.81. The Bertz CT molecular complexity index is 1500. The molecule has 3 aromatic rings. The molecule has 0 unspecified atom stereocenters. The number of hydrogen-bond acceptors (Lipinski definition) is 5. The molecule has 2 aromatic carbocycles. The van der Waals surface area contributed by atoms with Crippen LogP contribution in [0.2, 0.25) is 5.02 Å². The Kier molecular flexibility index (Phi) is 7.43. The predicted octanol–water partition coefficient (Wildman–Crippen LogP) is 7.06. The van der Waals surface area contributed by atoms with Crippen LogP contribution in [0.4, 0.5) is 18.0 Å². The molecule has 2 atom stereocenters. The highest BCUT2D eigenvalue weighted by atomic mass is 35.5. The molecule has 0 spiro atoms. The van der Waals surface area contributed by atoms with Crippen LogP contribution in [0.15, 0.2) is 47.5 Å². The van der Waals surface area contributed by atoms with Gasteiger partial charge in [0, 0.05) is 23.0 Å². The van der Waals surface area contributed by atoms with Crippen molar-refractivity contribution in [3.63, 3.8) is 0 Å². The molecule has 40 heavy (non-hydrogen) atoms. The zero-order chi connectivity index (χ0) is 28.0. The first-order valence-corrected chi connectivity index (χ1v) is 14.7. The lowest BCUT2D eigenvalue weighted by molar-refractivity contribution is -0.138. The minimum absolute atomic E-state index is 0.0187. The quantitative estimate of drug-likeness (QED) is 0.299. The Morgan fingerprint density at radius 1 is 1.05 bits per heavy atom. The molecule has 2 amide bonds. The Hall–Kier alpha value is -2.82. The third-order valence-electron chi connectivity index (χ3n) is 8.18. The molecule has 0 aliphatic carbocycles. The number of halogens is 4. The van der Waals surface area contributed by atoms with E-state index in [-0.39, 0.29) is 28.3 Å². The molecule has 3 fully saturated rings. The molecule has 0 radical (unpaired) electrons. The highest BCUT2D eigenvalue weighted by Crippen LogP contribution is 2.38. The fourth-order valence-corrected chi connectivity index (χ4v) is 7.29. The van der Waals surface area contributed by atoms with E-state index in [0.717, 1.165) is 61.1 Å². The van der Waals surface area contributed by atoms with Crippen molar-refractivity contribution in [1.29, 1.82) is 0 Å². The van der Waals surface area contributed by atoms with E-state index >= 15 is 0 Å². The maximum absolute atomic E-state index is 13.6. The molecule has 6 nitrogen and oxygen atoms in total. The molecule has 210 valence electrons. The molecule has 4 heterocycles. The molecule has 0 bridgehead atoms. The number of alkyl halides is 3. The zero-order valence-electron chi connectivity index (χ0n) is 21.7. The Labute approximate surface area is 239 Å². The van der Waals surface area contributed by atoms with E-state index in [1.807, 2.05) is 6.07 Å². The van der Waals surface area contributed by atoms with Gasteiger partial charge >= 0.3 is 6.18 Å². The third-order valence-corrected chi connectivity index (χ3v) is 9.32. The summed E-state index contributed by atoms with van der Waals surface area (Å²) in [6, 6.07) is 9.53. The summed E-state index contributed by atoms with van der Waals surface area (Å²) in [4.78, 5) is 30.4. The summed E-state index contributed by atoms with van der Waals surface area (Å²) in [5.74, 6) is 0.0451. The highest BCUT2D eigenvalue weighted by molar-refractivity contribution is 8.18. The van der Waals surface area contributed by atoms with Crippen LogP contribution in [-0.4, -0.2) is 56.4 Å². The van der Waals surface area contributed by atoms with Crippen LogP contribution >= 0.6 is 23.4 Å². The van der Waals surface area contributed by atoms with Gasteiger partial charge in [0.25, 0.3) is 11.1 Å². The standard InChI is InChI=1S/C29H28ClF3N4O2S/c30-22-8-7-19(23(14-22)29(31,32)33)17-37-25-9-6-18(12-21(25)15-34-37)13-26-27(38)36(28(39)40-26)16-20-4-3-11-35-10-2-1-5-24(20)35/h6-9,12-15,20,24H,1-5,10-11,16-17H2/b26-13-/t20-,24+/m0/s1. The SMILES string of the molecule is O=C1S/C(=C\c2ccc3c(cnn3Cc3ccc(Cl)cc3C(F)(F)F)c2)C(=O)N1C[C@@H]1CCCN2CCCC[C@H]12. The Balaban J connectivity index is 1.19. The minimum atomic E-state index is -4.54. The summed E-state index contributed by atoms with van der Waals surface area (Å²) < 4.78 is 42.2. The average molecular weight is 589 g/mol. The molecule has 0 saturated carbocycles. The number of nitrogens with zero attached hydrogens (tertiary/aromatic N) is 4. The minimum Gasteiger partial charge on any atom is -0.300 e. The predicted molar refractivity (Wildman–Crippen MR) is 150 cm³/mol. The largest absolute Gasteiger partial charge is 0.416 e. The normalized spacial score (nSPS) is 23.4. The van der Waals surface area contributed by atoms with E-state index in [9.17, 15) is 22.8 Å². The van der Waals surface area contributed by atoms with Gasteiger partial charge in [0.15, 0.2) is 0 Å². The maximum Gasteiger partial charge on any atom is 0.416 e. The first-order valence-electron chi connectivity index (χ1n) is 13.5. The molecule has 3 aliphatic rings. The van der Waals surface area contributed by atoms with Gasteiger partial charge in [-0.25, -0.2) is 0 Å². The molecule has 11 heteroatoms. The smallest absolute Gasteiger partial charge is 0.300 e. The molecule has 6 rings (SSSR count). The fourth-order valence-electron chi connectivity index (χ4n) is 6.27. The van der Waals surface area contributed by atoms with E-state index in [1.54, 1.807) is 24.4 Å². The van der Waals surface area contributed by atoms with E-state index < -0.39 is 11.7 Å². The summed E-state index contributed by atoms with van der Waals surface area (Å²) in [5.41, 5.74) is 0.646. The second kappa shape index (κ2) is 10.9. The second-order valence-electron chi connectivity index (χ2n) is 10.7. The van der Waals surface area contributed by atoms with E-state index in [4.69, 9.17) is 11.6 Å². The van der Waals surface area contributed by atoms with Gasteiger partial charge < -0.3 is 4.90 Å². The van der Waals surface area contributed by atoms with Crippen LogP contribution in [0, 0.1) is 5.92 Å². The number of thioether (sulfide) groups is 1. The lowest BCUT2D eigenvalue weighted by Gasteiger charge is -2.45. The van der Waals surface area contributed by atoms with Gasteiger partial charge in [-0.3, -0.25) is 19.2 Å². The third kappa shape index (κ3) is 5.41. The maximum atomic E-state index is 13.6. The number of carbonyl (C=O) groups excluding carboxylic acids is 2. The van der Waals surface area contributed by atoms with Gasteiger partial charge in [-0.2, -0.15) is 18.3 Å². The van der Waals surface area contributed by atoms with Crippen molar-refractivity contribution in [2.24, 2.45) is 5.92 Å². The van der Waals surface area contributed by atoms with Crippen molar-refractivity contribution in [3.8, 4) is 0 Å². The number of piperidine rings is 2. The van der Waals surface area contributed by atoms with Crippen LogP contribution in [0.3, 0.4) is 0 Å². The molecule has 3 aliphatic heterocycles. The number of fused-ring (bicyclic) bond motifs is 2. The number of carbonyl (C=O) groups is 2. The highest BCUT2D eigenvalue weighted by Gasteiger charge is 2.40. The van der Waals surface area contributed by atoms with E-state index in [0.29, 0.717) is 28.9 Å². The van der Waals surface area contributed by atoms with Gasteiger partial charge in [0.1, 0.15) is 0 Å². The lowest BCUT2D eigenvalue weighted by Crippen LogP contribution is -2.51. The number of aromatic nitrogens is 2. The molecular formula is C29H28ClF3N4O2S. The summed E-state index contributed by atoms with van der Waals surface area (Å²) in [7, 11) is 0. The van der Waals surface area contributed by atoms with Crippen molar-refractivity contribution >= 4 is 51.5 Å². The number of amides is 2. The van der Waals surface area contributed by atoms with Crippen molar-refractivity contribution in [3.05, 3.63) is 69.2 Å². The van der Waals surface area contributed by atoms with Gasteiger partial charge in [0.05, 0.1) is 28.7 Å².